The first-order chi connectivity index (χ1) is 26.2. The largest absolute Gasteiger partial charge is 0.346 e. The number of nitrogens with one attached hydrogen (secondary N) is 2. The molecule has 0 aromatic carbocycles. The minimum atomic E-state index is -1.54. The maximum absolute atomic E-state index is 15.2. The SMILES string of the molecule is O=C1CCCCN1C1(N2CCCCC2)N(c2ccccn2)C(c2cn[nH]n2)(c2ncc[nH]2)CN(c2cnccn2)C1(c1cccnn1)c1ncccn1. The summed E-state index contributed by atoms with van der Waals surface area (Å²) in [6.45, 7) is 1.80. The van der Waals surface area contributed by atoms with Gasteiger partial charge in [-0.2, -0.15) is 25.6 Å². The predicted molar refractivity (Wildman–Crippen MR) is 190 cm³/mol. The number of piperazine rings is 1. The number of hydrogen-bond donors (Lipinski definition) is 2. The summed E-state index contributed by atoms with van der Waals surface area (Å²) in [6.07, 6.45) is 21.8. The molecule has 0 radical (unpaired) electrons. The van der Waals surface area contributed by atoms with Gasteiger partial charge in [0.2, 0.25) is 17.2 Å². The van der Waals surface area contributed by atoms with E-state index in [2.05, 4.69) is 40.1 Å². The van der Waals surface area contributed by atoms with E-state index in [1.807, 2.05) is 35.2 Å². The van der Waals surface area contributed by atoms with Gasteiger partial charge in [0.15, 0.2) is 11.4 Å². The fourth-order valence-corrected chi connectivity index (χ4v) is 8.82. The van der Waals surface area contributed by atoms with Crippen molar-refractivity contribution in [1.29, 1.82) is 0 Å². The fourth-order valence-electron chi connectivity index (χ4n) is 8.82. The van der Waals surface area contributed by atoms with Crippen LogP contribution in [0.4, 0.5) is 11.6 Å². The van der Waals surface area contributed by atoms with Gasteiger partial charge in [-0.3, -0.25) is 19.6 Å². The number of H-pyrrole nitrogens is 2. The van der Waals surface area contributed by atoms with E-state index in [4.69, 9.17) is 35.1 Å². The van der Waals surface area contributed by atoms with Crippen molar-refractivity contribution in [3.8, 4) is 0 Å². The van der Waals surface area contributed by atoms with Gasteiger partial charge >= 0.3 is 0 Å². The minimum Gasteiger partial charge on any atom is -0.346 e. The molecule has 3 saturated heterocycles. The van der Waals surface area contributed by atoms with Crippen molar-refractivity contribution in [3.05, 3.63) is 121 Å². The molecular weight excluding hydrogens is 673 g/mol. The number of anilines is 2. The molecule has 3 unspecified atom stereocenters. The van der Waals surface area contributed by atoms with Gasteiger partial charge in [0.05, 0.1) is 18.9 Å². The van der Waals surface area contributed by atoms with E-state index >= 15 is 4.79 Å². The number of piperidine rings is 2. The van der Waals surface area contributed by atoms with Gasteiger partial charge in [0, 0.05) is 75.6 Å². The molecule has 17 nitrogen and oxygen atoms in total. The molecule has 3 aliphatic heterocycles. The van der Waals surface area contributed by atoms with Crippen molar-refractivity contribution < 1.29 is 4.79 Å². The number of rotatable bonds is 8. The second-order valence-electron chi connectivity index (χ2n) is 13.4. The van der Waals surface area contributed by atoms with E-state index in [9.17, 15) is 0 Å². The topological polar surface area (TPSA) is 191 Å². The molecule has 0 saturated carbocycles. The van der Waals surface area contributed by atoms with Crippen molar-refractivity contribution in [2.75, 3.05) is 36.0 Å². The summed E-state index contributed by atoms with van der Waals surface area (Å²) in [4.78, 5) is 57.3. The van der Waals surface area contributed by atoms with E-state index in [1.54, 1.807) is 68.0 Å². The van der Waals surface area contributed by atoms with E-state index in [-0.39, 0.29) is 12.5 Å². The molecule has 6 aromatic rings. The molecule has 3 atom stereocenters. The molecule has 2 N–H and O–H groups in total. The smallest absolute Gasteiger partial charge is 0.225 e. The number of nitrogens with zero attached hydrogens (tertiary/aromatic N) is 14. The first kappa shape index (κ1) is 32.7. The van der Waals surface area contributed by atoms with Gasteiger partial charge in [-0.25, -0.2) is 24.9 Å². The van der Waals surface area contributed by atoms with Crippen LogP contribution in [0.5, 0.6) is 0 Å². The third-order valence-corrected chi connectivity index (χ3v) is 10.7. The number of hydrogen-bond acceptors (Lipinski definition) is 14. The summed E-state index contributed by atoms with van der Waals surface area (Å²) >= 11 is 0. The predicted octanol–water partition coefficient (Wildman–Crippen LogP) is 2.66. The average Bonchev–Trinajstić information content (AvgIpc) is 3.99. The van der Waals surface area contributed by atoms with Gasteiger partial charge in [-0.05, 0) is 56.0 Å². The number of carbonyl (C=O) groups excluding carboxylic acids is 1. The summed E-state index contributed by atoms with van der Waals surface area (Å²) in [5.41, 5.74) is -1.81. The summed E-state index contributed by atoms with van der Waals surface area (Å²) in [7, 11) is 0. The van der Waals surface area contributed by atoms with Gasteiger partial charge in [0.1, 0.15) is 28.8 Å². The van der Waals surface area contributed by atoms with Gasteiger partial charge < -0.3 is 14.8 Å². The van der Waals surface area contributed by atoms with Gasteiger partial charge in [0.25, 0.3) is 0 Å². The lowest BCUT2D eigenvalue weighted by Gasteiger charge is -2.72. The number of pyridine rings is 1. The van der Waals surface area contributed by atoms with E-state index in [0.717, 1.165) is 32.1 Å². The highest BCUT2D eigenvalue weighted by Gasteiger charge is 2.78. The number of imidazole rings is 1. The van der Waals surface area contributed by atoms with Gasteiger partial charge in [-0.1, -0.05) is 12.5 Å². The van der Waals surface area contributed by atoms with Crippen molar-refractivity contribution in [3.63, 3.8) is 0 Å². The van der Waals surface area contributed by atoms with Crippen LogP contribution in [-0.4, -0.2) is 108 Å². The standard InChI is InChI=1S/C36H38N16O/c53-31-12-3-7-23-50(31)36(49-21-5-1-6-22-49)35(27-10-8-16-44-46-27,33-40-14-9-15-41-33)51(30-25-37-17-18-39-30)26-34(28-24-45-48-47-28,32-42-19-20-43-32)52(36)29-11-2-4-13-38-29/h2,4,8-11,13-20,24-25H,1,3,5-7,12,21-23,26H2,(H,42,43)(H,45,47,48). The molecular formula is C36H38N16O. The summed E-state index contributed by atoms with van der Waals surface area (Å²) in [5, 5.41) is 21.5. The van der Waals surface area contributed by atoms with Gasteiger partial charge in [-0.15, -0.1) is 0 Å². The lowest BCUT2D eigenvalue weighted by Crippen LogP contribution is -2.91. The van der Waals surface area contributed by atoms with Crippen molar-refractivity contribution >= 4 is 17.5 Å². The zero-order valence-electron chi connectivity index (χ0n) is 29.0. The van der Waals surface area contributed by atoms with Crippen LogP contribution in [-0.2, 0) is 15.9 Å². The molecule has 0 spiro atoms. The normalized spacial score (nSPS) is 25.4. The number of likely N-dealkylation sites (tertiary alicyclic amines) is 2. The maximum atomic E-state index is 15.2. The Morgan fingerprint density at radius 3 is 2.25 bits per heavy atom. The Balaban J connectivity index is 1.56. The quantitative estimate of drug-likeness (QED) is 0.234. The third kappa shape index (κ3) is 4.83. The second kappa shape index (κ2) is 13.4. The lowest BCUT2D eigenvalue weighted by molar-refractivity contribution is -0.174. The van der Waals surface area contributed by atoms with Crippen LogP contribution in [0, 0.1) is 0 Å². The Bertz CT molecular complexity index is 2020. The first-order valence-corrected chi connectivity index (χ1v) is 17.9. The van der Waals surface area contributed by atoms with Crippen LogP contribution in [0.25, 0.3) is 0 Å². The molecule has 9 heterocycles. The highest BCUT2D eigenvalue weighted by molar-refractivity contribution is 5.80. The Morgan fingerprint density at radius 2 is 1.55 bits per heavy atom. The zero-order valence-corrected chi connectivity index (χ0v) is 29.0. The average molecular weight is 711 g/mol. The lowest BCUT2D eigenvalue weighted by atomic mass is 9.70. The molecule has 3 fully saturated rings. The molecule has 17 heteroatoms. The van der Waals surface area contributed by atoms with Crippen LogP contribution >= 0.6 is 0 Å². The number of aromatic amines is 2. The third-order valence-electron chi connectivity index (χ3n) is 10.7. The number of amides is 1. The molecule has 0 bridgehead atoms. The molecule has 0 aliphatic carbocycles. The van der Waals surface area contributed by atoms with Crippen LogP contribution in [0.1, 0.15) is 61.6 Å². The van der Waals surface area contributed by atoms with E-state index < -0.39 is 16.9 Å². The van der Waals surface area contributed by atoms with Crippen LogP contribution < -0.4 is 9.80 Å². The minimum absolute atomic E-state index is 0.0264. The molecule has 9 rings (SSSR count). The molecule has 268 valence electrons. The van der Waals surface area contributed by atoms with Crippen LogP contribution in [0.15, 0.2) is 98.4 Å². The Morgan fingerprint density at radius 1 is 0.698 bits per heavy atom. The maximum Gasteiger partial charge on any atom is 0.225 e. The van der Waals surface area contributed by atoms with Crippen LogP contribution in [0.2, 0.25) is 0 Å². The van der Waals surface area contributed by atoms with Crippen molar-refractivity contribution in [2.24, 2.45) is 0 Å². The zero-order chi connectivity index (χ0) is 35.7. The Kier molecular flexibility index (Phi) is 8.25. The fraction of sp³-hybridized carbons (Fsp3) is 0.361. The van der Waals surface area contributed by atoms with E-state index in [1.165, 1.54) is 0 Å². The molecule has 3 aliphatic rings. The highest BCUT2D eigenvalue weighted by atomic mass is 16.2. The highest BCUT2D eigenvalue weighted by Crippen LogP contribution is 2.60. The molecule has 53 heavy (non-hydrogen) atoms. The van der Waals surface area contributed by atoms with Crippen molar-refractivity contribution in [1.82, 2.24) is 70.3 Å². The number of aromatic nitrogens is 12. The second-order valence-corrected chi connectivity index (χ2v) is 13.4. The monoisotopic (exact) mass is 710 g/mol. The van der Waals surface area contributed by atoms with Crippen LogP contribution in [0.3, 0.4) is 0 Å². The number of carbonyl (C=O) groups is 1. The molecule has 1 amide bonds. The van der Waals surface area contributed by atoms with E-state index in [0.29, 0.717) is 60.7 Å². The summed E-state index contributed by atoms with van der Waals surface area (Å²) in [6, 6.07) is 11.4. The summed E-state index contributed by atoms with van der Waals surface area (Å²) < 4.78 is 0. The Labute approximate surface area is 305 Å². The summed E-state index contributed by atoms with van der Waals surface area (Å²) in [5.74, 6) is 0.442. The Hall–Kier alpha value is -6.23. The molecule has 6 aromatic heterocycles. The first-order valence-electron chi connectivity index (χ1n) is 17.9. The van der Waals surface area contributed by atoms with Crippen molar-refractivity contribution in [2.45, 2.75) is 55.4 Å².